The van der Waals surface area contributed by atoms with Crippen LogP contribution < -0.4 is 10.2 Å². The van der Waals surface area contributed by atoms with Gasteiger partial charge in [-0.3, -0.25) is 39.9 Å². The number of phenols is 1. The Kier molecular flexibility index (Phi) is 6.59. The lowest BCUT2D eigenvalue weighted by molar-refractivity contribution is -0.385. The average molecular weight is 611 g/mol. The predicted octanol–water partition coefficient (Wildman–Crippen LogP) is 3.49. The number of carbonyl (C=O) groups excluding carboxylic acids is 2. The molecule has 40 heavy (non-hydrogen) atoms. The van der Waals surface area contributed by atoms with Gasteiger partial charge in [-0.1, -0.05) is 34.1 Å². The zero-order valence-corrected chi connectivity index (χ0v) is 21.8. The number of rotatable bonds is 7. The molecule has 0 saturated carbocycles. The molecule has 0 radical (unpaired) electrons. The highest BCUT2D eigenvalue weighted by Gasteiger charge is 2.69. The van der Waals surface area contributed by atoms with Crippen molar-refractivity contribution >= 4 is 50.8 Å². The standard InChI is InChI=1S/C26H19BrN4O9/c27-14-6-9-19(32)18(10-14)22-20-21(24(34)29(23(20)33)16-2-1-3-17(11-16)31(39)40)26(28-22,25(35)36)12-13-4-7-15(8-5-13)30(37)38/h1-11,20-22,28,32H,12H2,(H,35,36). The van der Waals surface area contributed by atoms with Crippen molar-refractivity contribution in [3.05, 3.63) is 103 Å². The van der Waals surface area contributed by atoms with Crippen LogP contribution in [0.1, 0.15) is 17.2 Å². The maximum absolute atomic E-state index is 13.9. The summed E-state index contributed by atoms with van der Waals surface area (Å²) in [7, 11) is 0. The zero-order chi connectivity index (χ0) is 28.9. The van der Waals surface area contributed by atoms with Gasteiger partial charge in [0.05, 0.1) is 27.4 Å². The van der Waals surface area contributed by atoms with Crippen molar-refractivity contribution in [2.24, 2.45) is 11.8 Å². The van der Waals surface area contributed by atoms with Gasteiger partial charge in [-0.25, -0.2) is 4.90 Å². The number of imide groups is 1. The number of amides is 2. The molecule has 2 aliphatic rings. The molecule has 2 aliphatic heterocycles. The summed E-state index contributed by atoms with van der Waals surface area (Å²) in [6.45, 7) is 0. The number of aromatic hydroxyl groups is 1. The van der Waals surface area contributed by atoms with Crippen LogP contribution in [0.25, 0.3) is 0 Å². The quantitative estimate of drug-likeness (QED) is 0.202. The van der Waals surface area contributed by atoms with Crippen LogP contribution in [0.15, 0.2) is 71.2 Å². The van der Waals surface area contributed by atoms with Crippen LogP contribution in [0, 0.1) is 32.1 Å². The first-order chi connectivity index (χ1) is 18.9. The summed E-state index contributed by atoms with van der Waals surface area (Å²) in [6, 6.07) is 13.3. The molecule has 3 aromatic rings. The Balaban J connectivity index is 1.67. The zero-order valence-electron chi connectivity index (χ0n) is 20.3. The Morgan fingerprint density at radius 2 is 1.65 bits per heavy atom. The van der Waals surface area contributed by atoms with E-state index in [1.165, 1.54) is 54.6 Å². The fourth-order valence-electron chi connectivity index (χ4n) is 5.54. The lowest BCUT2D eigenvalue weighted by Crippen LogP contribution is -2.57. The number of hydrogen-bond donors (Lipinski definition) is 3. The van der Waals surface area contributed by atoms with Crippen LogP contribution in [-0.2, 0) is 20.8 Å². The minimum absolute atomic E-state index is 0.0922. The van der Waals surface area contributed by atoms with Crippen LogP contribution >= 0.6 is 15.9 Å². The first kappa shape index (κ1) is 26.9. The van der Waals surface area contributed by atoms with E-state index in [9.17, 15) is 44.8 Å². The van der Waals surface area contributed by atoms with E-state index in [4.69, 9.17) is 0 Å². The van der Waals surface area contributed by atoms with E-state index >= 15 is 0 Å². The number of nitro groups is 2. The number of halogens is 1. The number of phenolic OH excluding ortho intramolecular Hbond substituents is 1. The summed E-state index contributed by atoms with van der Waals surface area (Å²) in [5, 5.41) is 46.6. The molecule has 0 spiro atoms. The Hall–Kier alpha value is -4.69. The fraction of sp³-hybridized carbons (Fsp3) is 0.192. The van der Waals surface area contributed by atoms with Crippen molar-refractivity contribution in [2.45, 2.75) is 18.0 Å². The number of non-ortho nitro benzene ring substituents is 2. The second-order valence-electron chi connectivity index (χ2n) is 9.49. The number of aliphatic carboxylic acids is 1. The smallest absolute Gasteiger partial charge is 0.325 e. The lowest BCUT2D eigenvalue weighted by atomic mass is 9.76. The number of anilines is 1. The Labute approximate surface area is 233 Å². The van der Waals surface area contributed by atoms with E-state index in [0.29, 0.717) is 10.0 Å². The van der Waals surface area contributed by atoms with Crippen molar-refractivity contribution in [3.8, 4) is 5.75 Å². The minimum atomic E-state index is -2.08. The number of hydrogen-bond acceptors (Lipinski definition) is 9. The monoisotopic (exact) mass is 610 g/mol. The lowest BCUT2D eigenvalue weighted by Gasteiger charge is -2.31. The SMILES string of the molecule is O=C1C2C(c3cc(Br)ccc3O)NC(Cc3ccc([N+](=O)[O-])cc3)(C(=O)O)C2C(=O)N1c1cccc([N+](=O)[O-])c1. The van der Waals surface area contributed by atoms with Crippen LogP contribution in [0.4, 0.5) is 17.1 Å². The summed E-state index contributed by atoms with van der Waals surface area (Å²) in [5.74, 6) is -6.18. The summed E-state index contributed by atoms with van der Waals surface area (Å²) in [5.41, 5.74) is -2.25. The number of nitrogens with one attached hydrogen (secondary N) is 1. The highest BCUT2D eigenvalue weighted by Crippen LogP contribution is 2.52. The average Bonchev–Trinajstić information content (AvgIpc) is 3.39. The summed E-state index contributed by atoms with van der Waals surface area (Å²) in [4.78, 5) is 62.7. The van der Waals surface area contributed by atoms with Crippen molar-refractivity contribution in [1.29, 1.82) is 0 Å². The third-order valence-corrected chi connectivity index (χ3v) is 7.78. The highest BCUT2D eigenvalue weighted by atomic mass is 79.9. The molecule has 4 atom stereocenters. The number of fused-ring (bicyclic) bond motifs is 1. The van der Waals surface area contributed by atoms with E-state index in [0.717, 1.165) is 11.0 Å². The number of nitrogens with zero attached hydrogens (tertiary/aromatic N) is 3. The number of carboxylic acid groups (broad SMARTS) is 1. The predicted molar refractivity (Wildman–Crippen MR) is 141 cm³/mol. The molecule has 4 unspecified atom stereocenters. The number of nitro benzene ring substituents is 2. The Morgan fingerprint density at radius 1 is 0.975 bits per heavy atom. The van der Waals surface area contributed by atoms with E-state index in [2.05, 4.69) is 21.2 Å². The van der Waals surface area contributed by atoms with E-state index in [1.54, 1.807) is 6.07 Å². The Morgan fingerprint density at radius 3 is 2.27 bits per heavy atom. The largest absolute Gasteiger partial charge is 0.508 e. The van der Waals surface area contributed by atoms with Gasteiger partial charge in [0.1, 0.15) is 11.3 Å². The summed E-state index contributed by atoms with van der Waals surface area (Å²) >= 11 is 3.31. The number of carbonyl (C=O) groups is 3. The molecule has 2 heterocycles. The van der Waals surface area contributed by atoms with Gasteiger partial charge in [0.2, 0.25) is 11.8 Å². The topological polar surface area (TPSA) is 193 Å². The normalized spacial score (nSPS) is 23.7. The van der Waals surface area contributed by atoms with Crippen LogP contribution in [0.5, 0.6) is 5.75 Å². The second-order valence-corrected chi connectivity index (χ2v) is 10.4. The van der Waals surface area contributed by atoms with Crippen LogP contribution in [0.3, 0.4) is 0 Å². The van der Waals surface area contributed by atoms with E-state index < -0.39 is 51.0 Å². The van der Waals surface area contributed by atoms with Gasteiger partial charge in [-0.2, -0.15) is 0 Å². The van der Waals surface area contributed by atoms with Crippen molar-refractivity contribution in [3.63, 3.8) is 0 Å². The Bertz CT molecular complexity index is 1600. The molecular formula is C26H19BrN4O9. The first-order valence-corrected chi connectivity index (χ1v) is 12.6. The molecule has 204 valence electrons. The van der Waals surface area contributed by atoms with Gasteiger partial charge in [0.15, 0.2) is 0 Å². The molecule has 13 nitrogen and oxygen atoms in total. The third-order valence-electron chi connectivity index (χ3n) is 7.29. The van der Waals surface area contributed by atoms with Crippen molar-refractivity contribution in [1.82, 2.24) is 5.32 Å². The molecule has 0 aromatic heterocycles. The summed E-state index contributed by atoms with van der Waals surface area (Å²) in [6.07, 6.45) is -0.339. The van der Waals surface area contributed by atoms with E-state index in [-0.39, 0.29) is 34.8 Å². The molecule has 0 aliphatic carbocycles. The van der Waals surface area contributed by atoms with Gasteiger partial charge in [-0.05, 0) is 29.8 Å². The van der Waals surface area contributed by atoms with Crippen LogP contribution in [0.2, 0.25) is 0 Å². The molecule has 3 N–H and O–H groups in total. The van der Waals surface area contributed by atoms with Gasteiger partial charge >= 0.3 is 5.97 Å². The highest BCUT2D eigenvalue weighted by molar-refractivity contribution is 9.10. The molecule has 2 amide bonds. The van der Waals surface area contributed by atoms with Gasteiger partial charge < -0.3 is 10.2 Å². The van der Waals surface area contributed by atoms with Gasteiger partial charge in [0, 0.05) is 46.8 Å². The number of benzene rings is 3. The minimum Gasteiger partial charge on any atom is -0.508 e. The number of carboxylic acids is 1. The summed E-state index contributed by atoms with van der Waals surface area (Å²) < 4.78 is 0.522. The molecule has 0 bridgehead atoms. The molecular weight excluding hydrogens is 592 g/mol. The molecule has 3 aromatic carbocycles. The van der Waals surface area contributed by atoms with Crippen LogP contribution in [-0.4, -0.2) is 43.4 Å². The van der Waals surface area contributed by atoms with Crippen molar-refractivity contribution < 1.29 is 34.4 Å². The first-order valence-electron chi connectivity index (χ1n) is 11.8. The van der Waals surface area contributed by atoms with E-state index in [1.807, 2.05) is 0 Å². The molecule has 14 heteroatoms. The van der Waals surface area contributed by atoms with Gasteiger partial charge in [0.25, 0.3) is 11.4 Å². The maximum atomic E-state index is 13.9. The molecule has 2 fully saturated rings. The van der Waals surface area contributed by atoms with Crippen molar-refractivity contribution in [2.75, 3.05) is 4.90 Å². The second kappa shape index (κ2) is 9.81. The maximum Gasteiger partial charge on any atom is 0.325 e. The third kappa shape index (κ3) is 4.26. The molecule has 2 saturated heterocycles. The van der Waals surface area contributed by atoms with Gasteiger partial charge in [-0.15, -0.1) is 0 Å². The molecule has 5 rings (SSSR count). The fourth-order valence-corrected chi connectivity index (χ4v) is 5.92.